The zero-order valence-corrected chi connectivity index (χ0v) is 25.9. The van der Waals surface area contributed by atoms with Gasteiger partial charge in [0.2, 0.25) is 6.33 Å². The number of nitrogens with zero attached hydrogens (tertiary/aromatic N) is 2. The molecule has 0 radical (unpaired) electrons. The first-order chi connectivity index (χ1) is 17.3. The van der Waals surface area contributed by atoms with Crippen LogP contribution in [0.3, 0.4) is 0 Å². The van der Waals surface area contributed by atoms with Gasteiger partial charge in [0.15, 0.2) is 0 Å². The van der Waals surface area contributed by atoms with Crippen LogP contribution in [-0.2, 0) is 24.4 Å². The molecule has 0 aliphatic rings. The third-order valence-corrected chi connectivity index (χ3v) is 7.30. The number of imidazole rings is 1. The Morgan fingerprint density at radius 2 is 1.50 bits per heavy atom. The summed E-state index contributed by atoms with van der Waals surface area (Å²) >= 11 is 37.5. The minimum atomic E-state index is -0.345. The summed E-state index contributed by atoms with van der Waals surface area (Å²) in [5, 5.41) is 6.70. The molecule has 0 amide bonds. The van der Waals surface area contributed by atoms with Crippen molar-refractivity contribution >= 4 is 75.3 Å². The quantitative estimate of drug-likeness (QED) is 0.238. The zero-order chi connectivity index (χ0) is 25.7. The summed E-state index contributed by atoms with van der Waals surface area (Å²) in [6.45, 7) is 2.19. The van der Waals surface area contributed by atoms with Gasteiger partial charge in [-0.15, -0.1) is 0 Å². The third kappa shape index (κ3) is 8.91. The van der Waals surface area contributed by atoms with Crippen LogP contribution in [0.2, 0.25) is 30.1 Å². The lowest BCUT2D eigenvalue weighted by molar-refractivity contribution is -0.693. The Morgan fingerprint density at radius 1 is 0.842 bits per heavy atom. The van der Waals surface area contributed by atoms with Crippen LogP contribution in [-0.4, -0.2) is 16.6 Å². The van der Waals surface area contributed by atoms with Crippen molar-refractivity contribution in [2.75, 3.05) is 11.9 Å². The molecule has 0 saturated carbocycles. The summed E-state index contributed by atoms with van der Waals surface area (Å²) in [4.78, 5) is 0. The smallest absolute Gasteiger partial charge is 0.243 e. The van der Waals surface area contributed by atoms with E-state index in [0.29, 0.717) is 56.4 Å². The number of rotatable bonds is 10. The number of halogens is 7. The molecular weight excluding hydrogens is 679 g/mol. The Hall–Kier alpha value is -1.19. The molecule has 1 aromatic heterocycles. The summed E-state index contributed by atoms with van der Waals surface area (Å²) in [7, 11) is 0. The van der Waals surface area contributed by atoms with Gasteiger partial charge in [-0.25, -0.2) is 9.13 Å². The summed E-state index contributed by atoms with van der Waals surface area (Å²) in [6.07, 6.45) is 5.64. The third-order valence-electron chi connectivity index (χ3n) is 5.52. The topological polar surface area (TPSA) is 61.6 Å². The van der Waals surface area contributed by atoms with Crippen molar-refractivity contribution in [1.82, 2.24) is 4.57 Å². The normalized spacial score (nSPS) is 11.4. The van der Waals surface area contributed by atoms with E-state index in [1.807, 2.05) is 41.5 Å². The van der Waals surface area contributed by atoms with Gasteiger partial charge in [-0.1, -0.05) is 87.8 Å². The molecule has 1 unspecified atom stereocenters. The van der Waals surface area contributed by atoms with Gasteiger partial charge in [-0.2, -0.15) is 0 Å². The van der Waals surface area contributed by atoms with Gasteiger partial charge in [0.05, 0.1) is 28.9 Å². The van der Waals surface area contributed by atoms with Crippen molar-refractivity contribution in [3.8, 4) is 0 Å². The van der Waals surface area contributed by atoms with Crippen LogP contribution in [0.4, 0.5) is 5.69 Å². The highest BCUT2D eigenvalue weighted by Crippen LogP contribution is 2.32. The number of benzene rings is 3. The van der Waals surface area contributed by atoms with E-state index < -0.39 is 0 Å². The molecule has 1 heterocycles. The zero-order valence-electron chi connectivity index (χ0n) is 19.8. The van der Waals surface area contributed by atoms with Gasteiger partial charge in [0.1, 0.15) is 31.6 Å². The molecule has 1 atom stereocenters. The molecule has 0 fully saturated rings. The van der Waals surface area contributed by atoms with Crippen LogP contribution in [0.1, 0.15) is 17.2 Å². The molecule has 0 aliphatic heterocycles. The molecule has 38 heavy (non-hydrogen) atoms. The average Bonchev–Trinajstić information content (AvgIpc) is 3.27. The second kappa shape index (κ2) is 15.6. The van der Waals surface area contributed by atoms with E-state index in [4.69, 9.17) is 74.3 Å². The van der Waals surface area contributed by atoms with Gasteiger partial charge in [-0.3, -0.25) is 0 Å². The molecule has 204 valence electrons. The maximum atomic E-state index is 6.53. The largest absolute Gasteiger partial charge is 1.00 e. The number of para-hydroxylation sites is 1. The van der Waals surface area contributed by atoms with Crippen LogP contribution in [0, 0.1) is 0 Å². The average molecular weight is 703 g/mol. The molecule has 4 aromatic rings. The van der Waals surface area contributed by atoms with Crippen LogP contribution in [0.5, 0.6) is 0 Å². The fraction of sp³-hybridized carbons (Fsp3) is 0.192. The lowest BCUT2D eigenvalue weighted by atomic mass is 10.1. The molecule has 5 nitrogen and oxygen atoms in total. The van der Waals surface area contributed by atoms with E-state index in [9.17, 15) is 0 Å². The summed E-state index contributed by atoms with van der Waals surface area (Å²) < 4.78 is 10.4. The van der Waals surface area contributed by atoms with E-state index >= 15 is 0 Å². The summed E-state index contributed by atoms with van der Waals surface area (Å²) in [6, 6.07) is 16.2. The Kier molecular flexibility index (Phi) is 13.5. The van der Waals surface area contributed by atoms with Gasteiger partial charge in [0, 0.05) is 25.7 Å². The fourth-order valence-corrected chi connectivity index (χ4v) is 5.20. The van der Waals surface area contributed by atoms with Crippen molar-refractivity contribution in [2.24, 2.45) is 0 Å². The van der Waals surface area contributed by atoms with Crippen molar-refractivity contribution < 1.29 is 31.8 Å². The molecule has 3 aromatic carbocycles. The molecule has 3 N–H and O–H groups in total. The van der Waals surface area contributed by atoms with Crippen LogP contribution >= 0.6 is 69.6 Å². The van der Waals surface area contributed by atoms with Crippen molar-refractivity contribution in [2.45, 2.75) is 25.8 Å². The second-order valence-corrected chi connectivity index (χ2v) is 10.6. The van der Waals surface area contributed by atoms with Crippen LogP contribution in [0.25, 0.3) is 0 Å². The van der Waals surface area contributed by atoms with E-state index in [2.05, 4.69) is 9.88 Å². The molecule has 0 spiro atoms. The molecular formula is C26H24BrCl6N3O2. The van der Waals surface area contributed by atoms with E-state index in [1.54, 1.807) is 36.4 Å². The Balaban J connectivity index is 0.00000253. The van der Waals surface area contributed by atoms with Gasteiger partial charge < -0.3 is 32.5 Å². The fourth-order valence-electron chi connectivity index (χ4n) is 3.68. The minimum absolute atomic E-state index is 0. The second-order valence-electron chi connectivity index (χ2n) is 8.07. The summed E-state index contributed by atoms with van der Waals surface area (Å²) in [5.41, 5.74) is 2.40. The van der Waals surface area contributed by atoms with Crippen LogP contribution in [0.15, 0.2) is 73.3 Å². The number of hydrogen-bond acceptors (Lipinski definition) is 2. The van der Waals surface area contributed by atoms with Crippen molar-refractivity contribution in [3.05, 3.63) is 115 Å². The Labute approximate surface area is 262 Å². The monoisotopic (exact) mass is 699 g/mol. The molecule has 0 aliphatic carbocycles. The highest BCUT2D eigenvalue weighted by atomic mass is 79.9. The van der Waals surface area contributed by atoms with Gasteiger partial charge >= 0.3 is 0 Å². The van der Waals surface area contributed by atoms with Gasteiger partial charge in [0.25, 0.3) is 0 Å². The molecule has 4 rings (SSSR count). The first kappa shape index (κ1) is 33.0. The number of aromatic nitrogens is 2. The van der Waals surface area contributed by atoms with E-state index in [0.717, 1.165) is 16.8 Å². The maximum absolute atomic E-state index is 6.53. The first-order valence-corrected chi connectivity index (χ1v) is 13.3. The first-order valence-electron chi connectivity index (χ1n) is 11.0. The van der Waals surface area contributed by atoms with Crippen LogP contribution < -0.4 is 26.9 Å². The standard InChI is InChI=1S/C26H22Cl6N3O.BrH.H2O/c27-18-5-4-17(23(31)12-18)15-36-25(20-7-6-19(28)13-24(20)32)14-35-11-10-34(16-35)9-8-33-26-21(29)2-1-3-22(26)30;;/h1-7,10-13,16,25,33H,8-9,14-15H2;1H;1H2/q+1;;/p-1. The SMILES string of the molecule is Clc1ccc(COC(Cn2cc[n+](CCNc3c(Cl)cccc3Cl)c2)c2ccc(Cl)cc2Cl)c(Cl)c1.O.[Br-]. The lowest BCUT2D eigenvalue weighted by Crippen LogP contribution is -3.00. The molecule has 0 bridgehead atoms. The summed E-state index contributed by atoms with van der Waals surface area (Å²) in [5.74, 6) is 0. The number of ether oxygens (including phenoxy) is 1. The number of anilines is 1. The minimum Gasteiger partial charge on any atom is -1.00 e. The Morgan fingerprint density at radius 3 is 2.16 bits per heavy atom. The number of hydrogen-bond donors (Lipinski definition) is 1. The lowest BCUT2D eigenvalue weighted by Gasteiger charge is -2.19. The molecule has 0 saturated heterocycles. The van der Waals surface area contributed by atoms with E-state index in [-0.39, 0.29) is 28.6 Å². The number of nitrogens with one attached hydrogen (secondary N) is 1. The van der Waals surface area contributed by atoms with Crippen molar-refractivity contribution in [3.63, 3.8) is 0 Å². The van der Waals surface area contributed by atoms with E-state index in [1.165, 1.54) is 0 Å². The predicted molar refractivity (Wildman–Crippen MR) is 154 cm³/mol. The maximum Gasteiger partial charge on any atom is 0.243 e. The van der Waals surface area contributed by atoms with Crippen molar-refractivity contribution in [1.29, 1.82) is 0 Å². The highest BCUT2D eigenvalue weighted by Gasteiger charge is 2.20. The molecule has 12 heteroatoms. The Bertz CT molecular complexity index is 1330. The predicted octanol–water partition coefficient (Wildman–Crippen LogP) is 4.95. The highest BCUT2D eigenvalue weighted by molar-refractivity contribution is 6.39. The van der Waals surface area contributed by atoms with Gasteiger partial charge in [-0.05, 0) is 42.0 Å².